The molecule has 1 unspecified atom stereocenters. The number of carboxylic acids is 1. The van der Waals surface area contributed by atoms with E-state index in [4.69, 9.17) is 5.11 Å². The Kier molecular flexibility index (Phi) is 6.80. The molecule has 0 aliphatic heterocycles. The summed E-state index contributed by atoms with van der Waals surface area (Å²) in [7, 11) is -3.59. The number of hydrogen-bond donors (Lipinski definition) is 3. The third-order valence-corrected chi connectivity index (χ3v) is 4.58. The van der Waals surface area contributed by atoms with Crippen molar-refractivity contribution in [1.82, 2.24) is 4.72 Å². The number of rotatable bonds is 9. The Bertz CT molecular complexity index is 553. The second-order valence-electron chi connectivity index (χ2n) is 4.79. The second kappa shape index (κ2) is 8.11. The Morgan fingerprint density at radius 3 is 2.43 bits per heavy atom. The highest BCUT2D eigenvalue weighted by molar-refractivity contribution is 7.89. The average Bonchev–Trinajstić information content (AvgIpc) is 2.45. The van der Waals surface area contributed by atoms with Gasteiger partial charge in [-0.25, -0.2) is 13.1 Å². The van der Waals surface area contributed by atoms with E-state index in [1.807, 2.05) is 6.92 Å². The summed E-state index contributed by atoms with van der Waals surface area (Å²) in [6.07, 6.45) is 0.823. The summed E-state index contributed by atoms with van der Waals surface area (Å²) in [5.74, 6) is -0.886. The van der Waals surface area contributed by atoms with E-state index in [0.717, 1.165) is 5.56 Å². The number of aryl methyl sites for hydroxylation is 1. The summed E-state index contributed by atoms with van der Waals surface area (Å²) < 4.78 is 26.4. The van der Waals surface area contributed by atoms with Gasteiger partial charge in [-0.3, -0.25) is 4.79 Å². The number of nitrogens with one attached hydrogen (secondary N) is 1. The van der Waals surface area contributed by atoms with Crippen LogP contribution in [0.15, 0.2) is 29.2 Å². The standard InChI is InChI=1S/C14H21NO5S/c1-2-12(16)9-10-15-21(19,20)13-6-3-11(4-7-13)5-8-14(17)18/h3-4,6-7,12,15-16H,2,5,8-10H2,1H3,(H,17,18). The zero-order valence-electron chi connectivity index (χ0n) is 11.9. The molecule has 1 aromatic carbocycles. The van der Waals surface area contributed by atoms with Gasteiger partial charge in [0.15, 0.2) is 0 Å². The molecule has 0 spiro atoms. The SMILES string of the molecule is CCC(O)CCNS(=O)(=O)c1ccc(CCC(=O)O)cc1. The predicted octanol–water partition coefficient (Wildman–Crippen LogP) is 1.14. The molecule has 0 heterocycles. The molecule has 3 N–H and O–H groups in total. The van der Waals surface area contributed by atoms with Crippen LogP contribution in [-0.4, -0.2) is 37.2 Å². The van der Waals surface area contributed by atoms with Crippen LogP contribution in [0.4, 0.5) is 0 Å². The minimum atomic E-state index is -3.59. The Balaban J connectivity index is 2.60. The molecular weight excluding hydrogens is 294 g/mol. The van der Waals surface area contributed by atoms with E-state index in [2.05, 4.69) is 4.72 Å². The fraction of sp³-hybridized carbons (Fsp3) is 0.500. The van der Waals surface area contributed by atoms with E-state index < -0.39 is 22.1 Å². The Morgan fingerprint density at radius 2 is 1.90 bits per heavy atom. The topological polar surface area (TPSA) is 104 Å². The second-order valence-corrected chi connectivity index (χ2v) is 6.55. The van der Waals surface area contributed by atoms with Gasteiger partial charge in [0, 0.05) is 13.0 Å². The van der Waals surface area contributed by atoms with Gasteiger partial charge in [0.05, 0.1) is 11.0 Å². The number of aliphatic carboxylic acids is 1. The van der Waals surface area contributed by atoms with Gasteiger partial charge in [0.25, 0.3) is 0 Å². The van der Waals surface area contributed by atoms with Crippen molar-refractivity contribution in [3.63, 3.8) is 0 Å². The Morgan fingerprint density at radius 1 is 1.29 bits per heavy atom. The summed E-state index contributed by atoms with van der Waals surface area (Å²) >= 11 is 0. The highest BCUT2D eigenvalue weighted by Crippen LogP contribution is 2.12. The molecule has 1 aromatic rings. The average molecular weight is 315 g/mol. The van der Waals surface area contributed by atoms with Gasteiger partial charge >= 0.3 is 5.97 Å². The summed E-state index contributed by atoms with van der Waals surface area (Å²) in [5, 5.41) is 18.0. The third-order valence-electron chi connectivity index (χ3n) is 3.10. The Labute approximate surface area is 124 Å². The predicted molar refractivity (Wildman–Crippen MR) is 78.5 cm³/mol. The number of carbonyl (C=O) groups is 1. The molecule has 0 saturated carbocycles. The van der Waals surface area contributed by atoms with Crippen LogP contribution in [0.5, 0.6) is 0 Å². The number of hydrogen-bond acceptors (Lipinski definition) is 4. The van der Waals surface area contributed by atoms with Crippen LogP contribution in [0.1, 0.15) is 31.7 Å². The Hall–Kier alpha value is -1.44. The maximum absolute atomic E-state index is 12.0. The van der Waals surface area contributed by atoms with Gasteiger partial charge in [-0.15, -0.1) is 0 Å². The van der Waals surface area contributed by atoms with Gasteiger partial charge in [0.1, 0.15) is 0 Å². The molecule has 0 aliphatic rings. The molecule has 0 fully saturated rings. The molecule has 0 amide bonds. The molecule has 1 rings (SSSR count). The first kappa shape index (κ1) is 17.6. The van der Waals surface area contributed by atoms with Crippen molar-refractivity contribution < 1.29 is 23.4 Å². The molecule has 0 radical (unpaired) electrons. The molecule has 1 atom stereocenters. The van der Waals surface area contributed by atoms with E-state index in [-0.39, 0.29) is 17.9 Å². The van der Waals surface area contributed by atoms with Crippen molar-refractivity contribution in [2.24, 2.45) is 0 Å². The first-order valence-electron chi connectivity index (χ1n) is 6.83. The van der Waals surface area contributed by atoms with Crippen molar-refractivity contribution in [3.05, 3.63) is 29.8 Å². The molecule has 21 heavy (non-hydrogen) atoms. The molecule has 0 aromatic heterocycles. The number of aliphatic hydroxyl groups excluding tert-OH is 1. The number of carboxylic acid groups (broad SMARTS) is 1. The first-order valence-corrected chi connectivity index (χ1v) is 8.32. The van der Waals surface area contributed by atoms with Crippen LogP contribution in [-0.2, 0) is 21.2 Å². The molecule has 118 valence electrons. The lowest BCUT2D eigenvalue weighted by Gasteiger charge is -2.10. The summed E-state index contributed by atoms with van der Waals surface area (Å²) in [5.41, 5.74) is 0.776. The van der Waals surface area contributed by atoms with Crippen LogP contribution >= 0.6 is 0 Å². The molecular formula is C14H21NO5S. The molecule has 0 bridgehead atoms. The van der Waals surface area contributed by atoms with Gasteiger partial charge in [-0.1, -0.05) is 19.1 Å². The lowest BCUT2D eigenvalue weighted by molar-refractivity contribution is -0.136. The number of aliphatic hydroxyl groups is 1. The summed E-state index contributed by atoms with van der Waals surface area (Å²) in [6.45, 7) is 2.01. The number of sulfonamides is 1. The van der Waals surface area contributed by atoms with Gasteiger partial charge in [-0.2, -0.15) is 0 Å². The van der Waals surface area contributed by atoms with Crippen LogP contribution < -0.4 is 4.72 Å². The van der Waals surface area contributed by atoms with Crippen LogP contribution in [0, 0.1) is 0 Å². The van der Waals surface area contributed by atoms with Crippen molar-refractivity contribution >= 4 is 16.0 Å². The molecule has 7 heteroatoms. The lowest BCUT2D eigenvalue weighted by atomic mass is 10.1. The minimum absolute atomic E-state index is 0.0131. The molecule has 0 aliphatic carbocycles. The highest BCUT2D eigenvalue weighted by atomic mass is 32.2. The maximum atomic E-state index is 12.0. The normalized spacial score (nSPS) is 13.0. The third kappa shape index (κ3) is 6.24. The maximum Gasteiger partial charge on any atom is 0.303 e. The molecule has 0 saturated heterocycles. The zero-order valence-corrected chi connectivity index (χ0v) is 12.8. The molecule has 6 nitrogen and oxygen atoms in total. The zero-order chi connectivity index (χ0) is 15.9. The highest BCUT2D eigenvalue weighted by Gasteiger charge is 2.14. The monoisotopic (exact) mass is 315 g/mol. The van der Waals surface area contributed by atoms with Crippen LogP contribution in [0.25, 0.3) is 0 Å². The lowest BCUT2D eigenvalue weighted by Crippen LogP contribution is -2.27. The van der Waals surface area contributed by atoms with Gasteiger partial charge in [0.2, 0.25) is 10.0 Å². The van der Waals surface area contributed by atoms with Crippen LogP contribution in [0.2, 0.25) is 0 Å². The van der Waals surface area contributed by atoms with E-state index in [0.29, 0.717) is 19.3 Å². The summed E-state index contributed by atoms with van der Waals surface area (Å²) in [6, 6.07) is 6.13. The number of benzene rings is 1. The minimum Gasteiger partial charge on any atom is -0.481 e. The van der Waals surface area contributed by atoms with Crippen LogP contribution in [0.3, 0.4) is 0 Å². The summed E-state index contributed by atoms with van der Waals surface area (Å²) in [4.78, 5) is 10.6. The van der Waals surface area contributed by atoms with Gasteiger partial charge < -0.3 is 10.2 Å². The van der Waals surface area contributed by atoms with Crippen molar-refractivity contribution in [1.29, 1.82) is 0 Å². The van der Waals surface area contributed by atoms with Gasteiger partial charge in [-0.05, 0) is 37.0 Å². The van der Waals surface area contributed by atoms with Crippen molar-refractivity contribution in [2.75, 3.05) is 6.54 Å². The first-order chi connectivity index (χ1) is 9.85. The van der Waals surface area contributed by atoms with E-state index >= 15 is 0 Å². The van der Waals surface area contributed by atoms with Crippen molar-refractivity contribution in [3.8, 4) is 0 Å². The fourth-order valence-electron chi connectivity index (χ4n) is 1.73. The smallest absolute Gasteiger partial charge is 0.303 e. The van der Waals surface area contributed by atoms with E-state index in [1.54, 1.807) is 12.1 Å². The largest absolute Gasteiger partial charge is 0.481 e. The quantitative estimate of drug-likeness (QED) is 0.634. The van der Waals surface area contributed by atoms with E-state index in [1.165, 1.54) is 12.1 Å². The van der Waals surface area contributed by atoms with Crippen molar-refractivity contribution in [2.45, 2.75) is 43.6 Å². The fourth-order valence-corrected chi connectivity index (χ4v) is 2.78. The van der Waals surface area contributed by atoms with E-state index in [9.17, 15) is 18.3 Å².